The summed E-state index contributed by atoms with van der Waals surface area (Å²) in [5, 5.41) is 13.5. The standard InChI is InChI=1S/C17H26N6O2.HI/c1-14-6-13-25-15(14)16(24)19-7-3-8-20-17(18-2)21-9-4-11-23-12-5-10-22-23;/h5-6,10,12-13H,3-4,7-9,11H2,1-2H3,(H,19,24)(H2,18,20,21);1H. The van der Waals surface area contributed by atoms with Crippen LogP contribution in [0.25, 0.3) is 0 Å². The van der Waals surface area contributed by atoms with Crippen LogP contribution in [0.15, 0.2) is 40.2 Å². The Morgan fingerprint density at radius 1 is 1.23 bits per heavy atom. The number of carbonyl (C=O) groups is 1. The van der Waals surface area contributed by atoms with Crippen molar-refractivity contribution in [1.29, 1.82) is 0 Å². The number of hydrogen-bond donors (Lipinski definition) is 3. The highest BCUT2D eigenvalue weighted by atomic mass is 127. The topological polar surface area (TPSA) is 96.5 Å². The van der Waals surface area contributed by atoms with Crippen LogP contribution in [0.3, 0.4) is 0 Å². The van der Waals surface area contributed by atoms with Gasteiger partial charge in [0, 0.05) is 51.2 Å². The van der Waals surface area contributed by atoms with Crippen LogP contribution in [0.2, 0.25) is 0 Å². The molecular weight excluding hydrogens is 447 g/mol. The maximum Gasteiger partial charge on any atom is 0.287 e. The van der Waals surface area contributed by atoms with Crippen LogP contribution in [0.4, 0.5) is 0 Å². The van der Waals surface area contributed by atoms with Crippen LogP contribution in [-0.2, 0) is 6.54 Å². The summed E-state index contributed by atoms with van der Waals surface area (Å²) in [6.07, 6.45) is 7.00. The summed E-state index contributed by atoms with van der Waals surface area (Å²) in [7, 11) is 1.74. The second-order valence-corrected chi connectivity index (χ2v) is 5.59. The minimum Gasteiger partial charge on any atom is -0.459 e. The van der Waals surface area contributed by atoms with Gasteiger partial charge >= 0.3 is 0 Å². The van der Waals surface area contributed by atoms with E-state index < -0.39 is 0 Å². The van der Waals surface area contributed by atoms with Crippen LogP contribution in [0.5, 0.6) is 0 Å². The van der Waals surface area contributed by atoms with Crippen molar-refractivity contribution in [1.82, 2.24) is 25.7 Å². The summed E-state index contributed by atoms with van der Waals surface area (Å²) in [6, 6.07) is 3.69. The minimum absolute atomic E-state index is 0. The molecule has 2 heterocycles. The lowest BCUT2D eigenvalue weighted by Gasteiger charge is -2.12. The fourth-order valence-electron chi connectivity index (χ4n) is 2.28. The number of furan rings is 1. The van der Waals surface area contributed by atoms with E-state index in [4.69, 9.17) is 4.42 Å². The number of aryl methyl sites for hydroxylation is 2. The van der Waals surface area contributed by atoms with Gasteiger partial charge in [-0.1, -0.05) is 0 Å². The smallest absolute Gasteiger partial charge is 0.287 e. The number of nitrogens with zero attached hydrogens (tertiary/aromatic N) is 3. The second kappa shape index (κ2) is 12.3. The van der Waals surface area contributed by atoms with Crippen LogP contribution < -0.4 is 16.0 Å². The summed E-state index contributed by atoms with van der Waals surface area (Å²) < 4.78 is 7.06. The van der Waals surface area contributed by atoms with Crippen molar-refractivity contribution in [3.05, 3.63) is 42.1 Å². The molecule has 3 N–H and O–H groups in total. The fraction of sp³-hybridized carbons (Fsp3) is 0.471. The van der Waals surface area contributed by atoms with E-state index in [0.717, 1.165) is 44.0 Å². The van der Waals surface area contributed by atoms with Crippen molar-refractivity contribution in [3.8, 4) is 0 Å². The highest BCUT2D eigenvalue weighted by Crippen LogP contribution is 2.07. The van der Waals surface area contributed by atoms with Crippen molar-refractivity contribution >= 4 is 35.8 Å². The molecule has 8 nitrogen and oxygen atoms in total. The van der Waals surface area contributed by atoms with Gasteiger partial charge in [0.2, 0.25) is 0 Å². The number of rotatable bonds is 9. The number of hydrogen-bond acceptors (Lipinski definition) is 4. The molecular formula is C17H27IN6O2. The number of guanidine groups is 1. The lowest BCUT2D eigenvalue weighted by Crippen LogP contribution is -2.39. The molecule has 0 aliphatic heterocycles. The Morgan fingerprint density at radius 3 is 2.58 bits per heavy atom. The maximum absolute atomic E-state index is 11.9. The zero-order valence-electron chi connectivity index (χ0n) is 15.2. The Bertz CT molecular complexity index is 669. The van der Waals surface area contributed by atoms with E-state index in [-0.39, 0.29) is 29.9 Å². The summed E-state index contributed by atoms with van der Waals surface area (Å²) in [4.78, 5) is 16.1. The monoisotopic (exact) mass is 474 g/mol. The number of halogens is 1. The van der Waals surface area contributed by atoms with E-state index in [0.29, 0.717) is 12.3 Å². The SMILES string of the molecule is CN=C(NCCCNC(=O)c1occc1C)NCCCn1cccn1.I. The van der Waals surface area contributed by atoms with Gasteiger partial charge in [-0.05, 0) is 31.9 Å². The Kier molecular flexibility index (Phi) is 10.4. The molecule has 0 aliphatic rings. The molecule has 2 aromatic heterocycles. The average Bonchev–Trinajstić information content (AvgIpc) is 3.27. The third-order valence-electron chi connectivity index (χ3n) is 3.64. The molecule has 2 rings (SSSR count). The quantitative estimate of drug-likeness (QED) is 0.223. The first kappa shape index (κ1) is 22.0. The number of nitrogens with one attached hydrogen (secondary N) is 3. The van der Waals surface area contributed by atoms with E-state index in [1.165, 1.54) is 6.26 Å². The van der Waals surface area contributed by atoms with Crippen LogP contribution in [-0.4, -0.2) is 48.3 Å². The summed E-state index contributed by atoms with van der Waals surface area (Å²) in [5.74, 6) is 0.958. The van der Waals surface area contributed by atoms with Crippen molar-refractivity contribution in [3.63, 3.8) is 0 Å². The lowest BCUT2D eigenvalue weighted by atomic mass is 10.2. The molecule has 0 radical (unpaired) electrons. The summed E-state index contributed by atoms with van der Waals surface area (Å²) in [5.41, 5.74) is 0.843. The molecule has 2 aromatic rings. The van der Waals surface area contributed by atoms with Gasteiger partial charge < -0.3 is 20.4 Å². The van der Waals surface area contributed by atoms with Gasteiger partial charge in [0.1, 0.15) is 0 Å². The predicted octanol–water partition coefficient (Wildman–Crippen LogP) is 1.78. The van der Waals surface area contributed by atoms with Gasteiger partial charge in [0.05, 0.1) is 6.26 Å². The van der Waals surface area contributed by atoms with Crippen molar-refractivity contribution in [2.45, 2.75) is 26.3 Å². The first-order chi connectivity index (χ1) is 12.2. The molecule has 0 saturated heterocycles. The number of amides is 1. The average molecular weight is 474 g/mol. The Hall–Kier alpha value is -2.04. The van der Waals surface area contributed by atoms with Crippen molar-refractivity contribution in [2.24, 2.45) is 4.99 Å². The number of carbonyl (C=O) groups excluding carboxylic acids is 1. The molecule has 9 heteroatoms. The molecule has 0 bridgehead atoms. The number of aliphatic imine (C=N–C) groups is 1. The molecule has 0 unspecified atom stereocenters. The first-order valence-corrected chi connectivity index (χ1v) is 8.45. The molecule has 0 aromatic carbocycles. The highest BCUT2D eigenvalue weighted by molar-refractivity contribution is 14.0. The first-order valence-electron chi connectivity index (χ1n) is 8.45. The molecule has 0 saturated carbocycles. The largest absolute Gasteiger partial charge is 0.459 e. The molecule has 1 amide bonds. The van der Waals surface area contributed by atoms with Gasteiger partial charge in [-0.15, -0.1) is 24.0 Å². The van der Waals surface area contributed by atoms with Crippen molar-refractivity contribution in [2.75, 3.05) is 26.7 Å². The minimum atomic E-state index is -0.177. The van der Waals surface area contributed by atoms with Crippen molar-refractivity contribution < 1.29 is 9.21 Å². The van der Waals surface area contributed by atoms with Gasteiger partial charge in [-0.3, -0.25) is 14.5 Å². The Labute approximate surface area is 170 Å². The number of aromatic nitrogens is 2. The van der Waals surface area contributed by atoms with Crippen LogP contribution in [0, 0.1) is 6.92 Å². The summed E-state index contributed by atoms with van der Waals surface area (Å²) in [6.45, 7) is 4.82. The maximum atomic E-state index is 11.9. The normalized spacial score (nSPS) is 10.9. The predicted molar refractivity (Wildman–Crippen MR) is 112 cm³/mol. The van der Waals surface area contributed by atoms with Gasteiger partial charge in [-0.2, -0.15) is 5.10 Å². The third kappa shape index (κ3) is 7.46. The fourth-order valence-corrected chi connectivity index (χ4v) is 2.28. The van der Waals surface area contributed by atoms with E-state index in [9.17, 15) is 4.79 Å². The molecule has 26 heavy (non-hydrogen) atoms. The van der Waals surface area contributed by atoms with Gasteiger partial charge in [0.15, 0.2) is 11.7 Å². The van der Waals surface area contributed by atoms with Gasteiger partial charge in [-0.25, -0.2) is 0 Å². The van der Waals surface area contributed by atoms with Crippen LogP contribution in [0.1, 0.15) is 29.0 Å². The van der Waals surface area contributed by atoms with Crippen LogP contribution >= 0.6 is 24.0 Å². The second-order valence-electron chi connectivity index (χ2n) is 5.59. The lowest BCUT2D eigenvalue weighted by molar-refractivity contribution is 0.0925. The molecule has 144 valence electrons. The highest BCUT2D eigenvalue weighted by Gasteiger charge is 2.11. The van der Waals surface area contributed by atoms with E-state index in [1.807, 2.05) is 23.9 Å². The Morgan fingerprint density at radius 2 is 1.96 bits per heavy atom. The molecule has 0 aliphatic carbocycles. The third-order valence-corrected chi connectivity index (χ3v) is 3.64. The zero-order valence-corrected chi connectivity index (χ0v) is 17.5. The van der Waals surface area contributed by atoms with E-state index in [1.54, 1.807) is 19.3 Å². The van der Waals surface area contributed by atoms with E-state index in [2.05, 4.69) is 26.0 Å². The summed E-state index contributed by atoms with van der Waals surface area (Å²) >= 11 is 0. The molecule has 0 fully saturated rings. The van der Waals surface area contributed by atoms with E-state index >= 15 is 0 Å². The Balaban J connectivity index is 0.00000338. The zero-order chi connectivity index (χ0) is 17.9. The molecule has 0 atom stereocenters. The van der Waals surface area contributed by atoms with Gasteiger partial charge in [0.25, 0.3) is 5.91 Å². The molecule has 0 spiro atoms.